The van der Waals surface area contributed by atoms with E-state index < -0.39 is 0 Å². The first-order valence-corrected chi connectivity index (χ1v) is 5.71. The molecule has 3 heteroatoms. The Hall–Kier alpha value is -1.09. The maximum atomic E-state index is 6.21. The van der Waals surface area contributed by atoms with E-state index >= 15 is 0 Å². The normalized spacial score (nSPS) is 19.5. The molecular formula is C12H19N3. The molecule has 0 aliphatic heterocycles. The smallest absolute Gasteiger partial charge is 0.0833 e. The third-order valence-electron chi connectivity index (χ3n) is 3.03. The zero-order valence-corrected chi connectivity index (χ0v) is 9.32. The van der Waals surface area contributed by atoms with Crippen molar-refractivity contribution in [3.8, 4) is 0 Å². The summed E-state index contributed by atoms with van der Waals surface area (Å²) < 4.78 is 1.81. The van der Waals surface area contributed by atoms with Gasteiger partial charge in [-0.05, 0) is 31.7 Å². The van der Waals surface area contributed by atoms with Gasteiger partial charge in [-0.15, -0.1) is 0 Å². The van der Waals surface area contributed by atoms with Crippen molar-refractivity contribution in [3.63, 3.8) is 0 Å². The van der Waals surface area contributed by atoms with Gasteiger partial charge in [0.1, 0.15) is 0 Å². The second-order valence-electron chi connectivity index (χ2n) is 4.27. The number of aryl methyl sites for hydroxylation is 1. The third kappa shape index (κ3) is 2.48. The molecule has 1 aliphatic carbocycles. The standard InChI is InChI=1S/C12H19N3/c1-15-9-8-11(14-15)12(13)10-6-4-2-3-5-7-10/h6,8-9,12H,2-5,7,13H2,1H3. The molecule has 3 nitrogen and oxygen atoms in total. The van der Waals surface area contributed by atoms with Crippen LogP contribution in [0.1, 0.15) is 43.8 Å². The SMILES string of the molecule is Cn1ccc(C(N)C2=CCCCCC2)n1. The molecule has 0 bridgehead atoms. The molecule has 1 aromatic rings. The van der Waals surface area contributed by atoms with E-state index in [1.807, 2.05) is 24.0 Å². The van der Waals surface area contributed by atoms with E-state index in [4.69, 9.17) is 5.73 Å². The van der Waals surface area contributed by atoms with Crippen LogP contribution in [0.4, 0.5) is 0 Å². The second-order valence-corrected chi connectivity index (χ2v) is 4.27. The van der Waals surface area contributed by atoms with Crippen LogP contribution in [-0.2, 0) is 7.05 Å². The van der Waals surface area contributed by atoms with Gasteiger partial charge in [-0.1, -0.05) is 18.1 Å². The highest BCUT2D eigenvalue weighted by Crippen LogP contribution is 2.26. The van der Waals surface area contributed by atoms with Gasteiger partial charge >= 0.3 is 0 Å². The zero-order valence-electron chi connectivity index (χ0n) is 9.32. The Labute approximate surface area is 91.0 Å². The molecule has 1 aromatic heterocycles. The quantitative estimate of drug-likeness (QED) is 0.753. The molecule has 1 unspecified atom stereocenters. The van der Waals surface area contributed by atoms with Crippen LogP contribution in [-0.4, -0.2) is 9.78 Å². The fourth-order valence-electron chi connectivity index (χ4n) is 2.11. The van der Waals surface area contributed by atoms with Crippen LogP contribution in [0.25, 0.3) is 0 Å². The molecule has 1 atom stereocenters. The highest BCUT2D eigenvalue weighted by molar-refractivity contribution is 5.21. The van der Waals surface area contributed by atoms with Gasteiger partial charge < -0.3 is 5.73 Å². The van der Waals surface area contributed by atoms with E-state index in [0.29, 0.717) is 0 Å². The van der Waals surface area contributed by atoms with E-state index in [1.165, 1.54) is 31.3 Å². The van der Waals surface area contributed by atoms with Crippen LogP contribution < -0.4 is 5.73 Å². The molecule has 2 rings (SSSR count). The average molecular weight is 205 g/mol. The summed E-state index contributed by atoms with van der Waals surface area (Å²) in [5.74, 6) is 0. The fourth-order valence-corrected chi connectivity index (χ4v) is 2.11. The lowest BCUT2D eigenvalue weighted by Crippen LogP contribution is -2.14. The molecule has 0 aromatic carbocycles. The molecule has 1 aliphatic rings. The Morgan fingerprint density at radius 2 is 2.27 bits per heavy atom. The van der Waals surface area contributed by atoms with Crippen molar-refractivity contribution in [3.05, 3.63) is 29.6 Å². The lowest BCUT2D eigenvalue weighted by atomic mass is 10.0. The third-order valence-corrected chi connectivity index (χ3v) is 3.03. The largest absolute Gasteiger partial charge is 0.319 e. The van der Waals surface area contributed by atoms with Crippen molar-refractivity contribution in [2.45, 2.75) is 38.1 Å². The first-order chi connectivity index (χ1) is 7.27. The van der Waals surface area contributed by atoms with Crippen LogP contribution >= 0.6 is 0 Å². The summed E-state index contributed by atoms with van der Waals surface area (Å²) in [4.78, 5) is 0. The molecule has 0 amide bonds. The molecule has 0 saturated carbocycles. The van der Waals surface area contributed by atoms with Gasteiger partial charge in [0.2, 0.25) is 0 Å². The Morgan fingerprint density at radius 1 is 1.40 bits per heavy atom. The molecule has 0 fully saturated rings. The van der Waals surface area contributed by atoms with Gasteiger partial charge in [0.25, 0.3) is 0 Å². The van der Waals surface area contributed by atoms with E-state index in [9.17, 15) is 0 Å². The van der Waals surface area contributed by atoms with Crippen LogP contribution in [0.5, 0.6) is 0 Å². The maximum Gasteiger partial charge on any atom is 0.0833 e. The Morgan fingerprint density at radius 3 is 3.00 bits per heavy atom. The Balaban J connectivity index is 2.12. The molecule has 15 heavy (non-hydrogen) atoms. The molecule has 0 radical (unpaired) electrons. The minimum Gasteiger partial charge on any atom is -0.319 e. The van der Waals surface area contributed by atoms with Crippen LogP contribution in [0.2, 0.25) is 0 Å². The number of rotatable bonds is 2. The Kier molecular flexibility index (Phi) is 3.21. The summed E-state index contributed by atoms with van der Waals surface area (Å²) in [6.45, 7) is 0. The van der Waals surface area contributed by atoms with Crippen molar-refractivity contribution in [1.82, 2.24) is 9.78 Å². The first-order valence-electron chi connectivity index (χ1n) is 5.71. The van der Waals surface area contributed by atoms with Crippen molar-refractivity contribution >= 4 is 0 Å². The number of hydrogen-bond donors (Lipinski definition) is 1. The second kappa shape index (κ2) is 4.62. The predicted molar refractivity (Wildman–Crippen MR) is 61.3 cm³/mol. The van der Waals surface area contributed by atoms with Crippen molar-refractivity contribution in [1.29, 1.82) is 0 Å². The van der Waals surface area contributed by atoms with Gasteiger partial charge in [-0.25, -0.2) is 0 Å². The minimum atomic E-state index is 0.00398. The van der Waals surface area contributed by atoms with Gasteiger partial charge in [0, 0.05) is 13.2 Å². The number of nitrogens with two attached hydrogens (primary N) is 1. The monoisotopic (exact) mass is 205 g/mol. The molecule has 1 heterocycles. The number of nitrogens with zero attached hydrogens (tertiary/aromatic N) is 2. The summed E-state index contributed by atoms with van der Waals surface area (Å²) >= 11 is 0. The molecular weight excluding hydrogens is 186 g/mol. The molecule has 0 spiro atoms. The maximum absolute atomic E-state index is 6.21. The fraction of sp³-hybridized carbons (Fsp3) is 0.583. The number of hydrogen-bond acceptors (Lipinski definition) is 2. The summed E-state index contributed by atoms with van der Waals surface area (Å²) in [7, 11) is 1.93. The minimum absolute atomic E-state index is 0.00398. The topological polar surface area (TPSA) is 43.8 Å². The molecule has 0 saturated heterocycles. The van der Waals surface area contributed by atoms with E-state index in [-0.39, 0.29) is 6.04 Å². The molecule has 82 valence electrons. The first kappa shape index (κ1) is 10.4. The van der Waals surface area contributed by atoms with Crippen molar-refractivity contribution < 1.29 is 0 Å². The number of aromatic nitrogens is 2. The summed E-state index contributed by atoms with van der Waals surface area (Å²) in [6, 6.07) is 2.01. The van der Waals surface area contributed by atoms with Crippen LogP contribution in [0.15, 0.2) is 23.9 Å². The van der Waals surface area contributed by atoms with Crippen LogP contribution in [0, 0.1) is 0 Å². The lowest BCUT2D eigenvalue weighted by molar-refractivity contribution is 0.667. The molecule has 2 N–H and O–H groups in total. The average Bonchev–Trinajstić information content (AvgIpc) is 2.53. The number of allylic oxidation sites excluding steroid dienone is 1. The lowest BCUT2D eigenvalue weighted by Gasteiger charge is -2.12. The Bertz CT molecular complexity index is 352. The highest BCUT2D eigenvalue weighted by Gasteiger charge is 2.15. The summed E-state index contributed by atoms with van der Waals surface area (Å²) in [5.41, 5.74) is 8.57. The van der Waals surface area contributed by atoms with Gasteiger partial charge in [-0.3, -0.25) is 4.68 Å². The van der Waals surface area contributed by atoms with Gasteiger partial charge in [0.05, 0.1) is 11.7 Å². The summed E-state index contributed by atoms with van der Waals surface area (Å²) in [5, 5.41) is 4.37. The zero-order chi connectivity index (χ0) is 10.7. The van der Waals surface area contributed by atoms with Crippen molar-refractivity contribution in [2.24, 2.45) is 12.8 Å². The van der Waals surface area contributed by atoms with E-state index in [2.05, 4.69) is 11.2 Å². The predicted octanol–water partition coefficient (Wildman–Crippen LogP) is 2.31. The van der Waals surface area contributed by atoms with Crippen molar-refractivity contribution in [2.75, 3.05) is 0 Å². The van der Waals surface area contributed by atoms with Gasteiger partial charge in [0.15, 0.2) is 0 Å². The van der Waals surface area contributed by atoms with Crippen LogP contribution in [0.3, 0.4) is 0 Å². The summed E-state index contributed by atoms with van der Waals surface area (Å²) in [6.07, 6.45) is 10.5. The highest BCUT2D eigenvalue weighted by atomic mass is 15.3. The van der Waals surface area contributed by atoms with E-state index in [0.717, 1.165) is 12.1 Å². The van der Waals surface area contributed by atoms with Gasteiger partial charge in [-0.2, -0.15) is 5.10 Å². The van der Waals surface area contributed by atoms with E-state index in [1.54, 1.807) is 0 Å².